The average molecular weight is 461 g/mol. The summed E-state index contributed by atoms with van der Waals surface area (Å²) in [6.45, 7) is 2.27. The molecule has 2 aliphatic heterocycles. The lowest BCUT2D eigenvalue weighted by molar-refractivity contribution is 0.0534. The lowest BCUT2D eigenvalue weighted by Crippen LogP contribution is -2.50. The van der Waals surface area contributed by atoms with E-state index < -0.39 is 0 Å². The second-order valence-electron chi connectivity index (χ2n) is 8.98. The molecule has 3 aromatic rings. The fourth-order valence-corrected chi connectivity index (χ4v) is 4.85. The quantitative estimate of drug-likeness (QED) is 0.635. The Hall–Kier alpha value is -3.68. The predicted molar refractivity (Wildman–Crippen MR) is 128 cm³/mol. The zero-order valence-corrected chi connectivity index (χ0v) is 19.1. The van der Waals surface area contributed by atoms with Gasteiger partial charge in [0.1, 0.15) is 11.6 Å². The van der Waals surface area contributed by atoms with E-state index in [0.717, 1.165) is 37.9 Å². The third kappa shape index (κ3) is 4.16. The van der Waals surface area contributed by atoms with Crippen LogP contribution in [0.15, 0.2) is 47.3 Å². The van der Waals surface area contributed by atoms with Crippen LogP contribution in [-0.2, 0) is 13.0 Å². The van der Waals surface area contributed by atoms with E-state index >= 15 is 0 Å². The molecule has 2 aliphatic rings. The van der Waals surface area contributed by atoms with E-state index in [2.05, 4.69) is 0 Å². The van der Waals surface area contributed by atoms with Crippen LogP contribution in [0, 0.1) is 0 Å². The first kappa shape index (κ1) is 22.1. The van der Waals surface area contributed by atoms with Crippen LogP contribution in [-0.4, -0.2) is 62.5 Å². The number of fused-ring (bicyclic) bond motifs is 2. The molecule has 8 heteroatoms. The van der Waals surface area contributed by atoms with Crippen molar-refractivity contribution < 1.29 is 14.7 Å². The van der Waals surface area contributed by atoms with E-state index in [1.165, 1.54) is 6.07 Å². The summed E-state index contributed by atoms with van der Waals surface area (Å²) in [6, 6.07) is 11.6. The van der Waals surface area contributed by atoms with Gasteiger partial charge in [0, 0.05) is 44.7 Å². The summed E-state index contributed by atoms with van der Waals surface area (Å²) in [4.78, 5) is 47.1. The molecule has 0 bridgehead atoms. The third-order valence-electron chi connectivity index (χ3n) is 6.80. The molecule has 8 nitrogen and oxygen atoms in total. The van der Waals surface area contributed by atoms with Gasteiger partial charge in [0.05, 0.1) is 16.5 Å². The molecule has 34 heavy (non-hydrogen) atoms. The Morgan fingerprint density at radius 2 is 1.53 bits per heavy atom. The number of aryl methyl sites for hydroxylation is 1. The van der Waals surface area contributed by atoms with Crippen LogP contribution >= 0.6 is 0 Å². The molecular weight excluding hydrogens is 432 g/mol. The van der Waals surface area contributed by atoms with Gasteiger partial charge in [-0.2, -0.15) is 0 Å². The minimum atomic E-state index is -0.239. The number of rotatable bonds is 2. The second kappa shape index (κ2) is 9.29. The Kier molecular flexibility index (Phi) is 6.04. The molecule has 0 radical (unpaired) electrons. The normalized spacial score (nSPS) is 16.6. The maximum atomic E-state index is 13.2. The zero-order chi connectivity index (χ0) is 23.7. The summed E-state index contributed by atoms with van der Waals surface area (Å²) in [7, 11) is 0. The number of phenols is 1. The topological polar surface area (TPSA) is 95.7 Å². The van der Waals surface area contributed by atoms with Crippen molar-refractivity contribution in [2.75, 3.05) is 26.2 Å². The zero-order valence-electron chi connectivity index (χ0n) is 19.1. The fraction of sp³-hybridized carbons (Fsp3) is 0.385. The van der Waals surface area contributed by atoms with Crippen LogP contribution in [0.4, 0.5) is 0 Å². The number of piperazine rings is 1. The number of hydrogen-bond donors (Lipinski definition) is 1. The van der Waals surface area contributed by atoms with Crippen LogP contribution in [0.3, 0.4) is 0 Å². The van der Waals surface area contributed by atoms with Crippen molar-refractivity contribution in [1.29, 1.82) is 0 Å². The van der Waals surface area contributed by atoms with Crippen LogP contribution < -0.4 is 5.56 Å². The number of aromatic hydroxyl groups is 1. The molecule has 0 aliphatic carbocycles. The van der Waals surface area contributed by atoms with Crippen LogP contribution in [0.2, 0.25) is 0 Å². The van der Waals surface area contributed by atoms with Gasteiger partial charge in [-0.05, 0) is 43.2 Å². The van der Waals surface area contributed by atoms with Gasteiger partial charge in [-0.25, -0.2) is 4.98 Å². The Labute approximate surface area is 197 Å². The van der Waals surface area contributed by atoms with Gasteiger partial charge in [0.25, 0.3) is 17.4 Å². The van der Waals surface area contributed by atoms with Gasteiger partial charge in [-0.15, -0.1) is 0 Å². The SMILES string of the molecule is O=C(c1ccc2c(=O)n3c(nc2c1)CCCCCC3)N1CCN(C(=O)c2ccccc2O)CC1. The second-order valence-corrected chi connectivity index (χ2v) is 8.98. The highest BCUT2D eigenvalue weighted by molar-refractivity contribution is 5.99. The van der Waals surface area contributed by atoms with Gasteiger partial charge < -0.3 is 14.9 Å². The molecule has 1 fully saturated rings. The first-order valence-corrected chi connectivity index (χ1v) is 11.9. The van der Waals surface area contributed by atoms with Crippen molar-refractivity contribution in [3.8, 4) is 5.75 Å². The Balaban J connectivity index is 1.33. The molecule has 2 amide bonds. The summed E-state index contributed by atoms with van der Waals surface area (Å²) in [5, 5.41) is 10.5. The van der Waals surface area contributed by atoms with Crippen molar-refractivity contribution >= 4 is 22.7 Å². The molecule has 0 atom stereocenters. The lowest BCUT2D eigenvalue weighted by Gasteiger charge is -2.35. The largest absolute Gasteiger partial charge is 0.507 e. The first-order chi connectivity index (χ1) is 16.5. The molecule has 1 aromatic heterocycles. The maximum absolute atomic E-state index is 13.2. The summed E-state index contributed by atoms with van der Waals surface area (Å²) < 4.78 is 1.80. The predicted octanol–water partition coefficient (Wildman–Crippen LogP) is 2.82. The molecule has 1 saturated heterocycles. The van der Waals surface area contributed by atoms with E-state index in [1.807, 2.05) is 0 Å². The first-order valence-electron chi connectivity index (χ1n) is 11.9. The lowest BCUT2D eigenvalue weighted by atomic mass is 10.1. The maximum Gasteiger partial charge on any atom is 0.261 e. The van der Waals surface area contributed by atoms with Gasteiger partial charge in [0.2, 0.25) is 0 Å². The van der Waals surface area contributed by atoms with Crippen LogP contribution in [0.5, 0.6) is 5.75 Å². The molecule has 5 rings (SSSR count). The number of carbonyl (C=O) groups is 2. The van der Waals surface area contributed by atoms with E-state index in [0.29, 0.717) is 49.2 Å². The van der Waals surface area contributed by atoms with Crippen molar-refractivity contribution in [2.45, 2.75) is 38.6 Å². The number of hydrogen-bond acceptors (Lipinski definition) is 5. The summed E-state index contributed by atoms with van der Waals surface area (Å²) >= 11 is 0. The average Bonchev–Trinajstić information content (AvgIpc) is 2.84. The van der Waals surface area contributed by atoms with E-state index in [9.17, 15) is 19.5 Å². The van der Waals surface area contributed by atoms with Crippen molar-refractivity contribution in [3.63, 3.8) is 0 Å². The minimum Gasteiger partial charge on any atom is -0.507 e. The summed E-state index contributed by atoms with van der Waals surface area (Å²) in [5.41, 5.74) is 1.30. The van der Waals surface area contributed by atoms with Crippen molar-refractivity contribution in [2.24, 2.45) is 0 Å². The number of aromatic nitrogens is 2. The van der Waals surface area contributed by atoms with E-state index in [4.69, 9.17) is 4.98 Å². The molecule has 3 heterocycles. The fourth-order valence-electron chi connectivity index (χ4n) is 4.85. The molecule has 0 unspecified atom stereocenters. The Morgan fingerprint density at radius 1 is 0.824 bits per heavy atom. The molecule has 1 N–H and O–H groups in total. The number of phenolic OH excluding ortho intramolecular Hbond substituents is 1. The standard InChI is InChI=1S/C26H28N4O4/c31-22-8-5-4-7-20(22)25(33)29-15-13-28(14-16-29)24(32)18-10-11-19-21(17-18)27-23-9-3-1-2-6-12-30(23)26(19)34/h4-5,7-8,10-11,17,31H,1-3,6,9,12-16H2. The van der Waals surface area contributed by atoms with Gasteiger partial charge in [-0.1, -0.05) is 25.0 Å². The summed E-state index contributed by atoms with van der Waals surface area (Å²) in [5.74, 6) is 0.388. The summed E-state index contributed by atoms with van der Waals surface area (Å²) in [6.07, 6.45) is 5.04. The number of carbonyl (C=O) groups excluding carboxylic acids is 2. The smallest absolute Gasteiger partial charge is 0.261 e. The minimum absolute atomic E-state index is 0.0304. The molecule has 0 saturated carbocycles. The number of nitrogens with zero attached hydrogens (tertiary/aromatic N) is 4. The number of para-hydroxylation sites is 1. The number of benzene rings is 2. The third-order valence-corrected chi connectivity index (χ3v) is 6.80. The molecule has 0 spiro atoms. The molecule has 176 valence electrons. The highest BCUT2D eigenvalue weighted by Crippen LogP contribution is 2.20. The van der Waals surface area contributed by atoms with Gasteiger partial charge in [0.15, 0.2) is 0 Å². The van der Waals surface area contributed by atoms with E-state index in [-0.39, 0.29) is 28.7 Å². The van der Waals surface area contributed by atoms with E-state index in [1.54, 1.807) is 50.8 Å². The van der Waals surface area contributed by atoms with Crippen molar-refractivity contribution in [3.05, 3.63) is 69.8 Å². The van der Waals surface area contributed by atoms with Gasteiger partial charge in [-0.3, -0.25) is 19.0 Å². The Bertz CT molecular complexity index is 1310. The van der Waals surface area contributed by atoms with Gasteiger partial charge >= 0.3 is 0 Å². The monoisotopic (exact) mass is 460 g/mol. The van der Waals surface area contributed by atoms with Crippen LogP contribution in [0.1, 0.15) is 52.2 Å². The molecule has 2 aromatic carbocycles. The van der Waals surface area contributed by atoms with Crippen LogP contribution in [0.25, 0.3) is 10.9 Å². The highest BCUT2D eigenvalue weighted by Gasteiger charge is 2.27. The number of amides is 2. The van der Waals surface area contributed by atoms with Crippen molar-refractivity contribution in [1.82, 2.24) is 19.4 Å². The highest BCUT2D eigenvalue weighted by atomic mass is 16.3. The Morgan fingerprint density at radius 3 is 2.29 bits per heavy atom. The molecular formula is C26H28N4O4.